The first kappa shape index (κ1) is 20.5. The lowest BCUT2D eigenvalue weighted by atomic mass is 10.1. The number of fused-ring (bicyclic) bond motifs is 1. The molecule has 0 saturated carbocycles. The molecule has 2 amide bonds. The van der Waals surface area contributed by atoms with Gasteiger partial charge in [-0.1, -0.05) is 30.3 Å². The number of thioether (sulfide) groups is 1. The van der Waals surface area contributed by atoms with E-state index < -0.39 is 5.60 Å². The van der Waals surface area contributed by atoms with Crippen LogP contribution in [0.1, 0.15) is 33.6 Å². The zero-order valence-corrected chi connectivity index (χ0v) is 17.6. The summed E-state index contributed by atoms with van der Waals surface area (Å²) < 4.78 is 5.30. The largest absolute Gasteiger partial charge is 0.444 e. The minimum atomic E-state index is -0.499. The van der Waals surface area contributed by atoms with E-state index in [1.807, 2.05) is 37.8 Å². The van der Waals surface area contributed by atoms with Gasteiger partial charge in [-0.25, -0.2) is 4.79 Å². The van der Waals surface area contributed by atoms with E-state index in [0.717, 1.165) is 17.7 Å². The van der Waals surface area contributed by atoms with E-state index in [0.29, 0.717) is 18.8 Å². The van der Waals surface area contributed by atoms with E-state index in [1.54, 1.807) is 11.8 Å². The van der Waals surface area contributed by atoms with Crippen molar-refractivity contribution in [3.8, 4) is 0 Å². The summed E-state index contributed by atoms with van der Waals surface area (Å²) in [5.41, 5.74) is -0.499. The first-order valence-electron chi connectivity index (χ1n) is 9.69. The van der Waals surface area contributed by atoms with Gasteiger partial charge in [-0.15, -0.1) is 11.8 Å². The number of benzene rings is 2. The first-order valence-corrected chi connectivity index (χ1v) is 10.7. The van der Waals surface area contributed by atoms with E-state index in [1.165, 1.54) is 10.8 Å². The van der Waals surface area contributed by atoms with Crippen molar-refractivity contribution in [2.45, 2.75) is 50.2 Å². The average Bonchev–Trinajstić information content (AvgIpc) is 2.65. The van der Waals surface area contributed by atoms with Gasteiger partial charge in [-0.2, -0.15) is 0 Å². The van der Waals surface area contributed by atoms with Crippen molar-refractivity contribution in [2.75, 3.05) is 18.8 Å². The molecule has 6 heteroatoms. The highest BCUT2D eigenvalue weighted by Gasteiger charge is 2.25. The van der Waals surface area contributed by atoms with Crippen LogP contribution >= 0.6 is 11.8 Å². The van der Waals surface area contributed by atoms with E-state index in [4.69, 9.17) is 4.74 Å². The molecule has 1 aliphatic rings. The number of hydrogen-bond donors (Lipinski definition) is 1. The standard InChI is InChI=1S/C22H28N2O3S/c1-22(2,3)27-21(26)23-18-10-12-24(13-11-18)20(25)15-28-19-9-8-16-6-4-5-7-17(16)14-19/h4-9,14,18H,10-13,15H2,1-3H3,(H,23,26). The highest BCUT2D eigenvalue weighted by molar-refractivity contribution is 8.00. The van der Waals surface area contributed by atoms with Crippen LogP contribution in [-0.4, -0.2) is 47.4 Å². The van der Waals surface area contributed by atoms with E-state index >= 15 is 0 Å². The Labute approximate surface area is 170 Å². The number of alkyl carbamates (subject to hydrolysis) is 1. The van der Waals surface area contributed by atoms with Gasteiger partial charge < -0.3 is 15.0 Å². The van der Waals surface area contributed by atoms with E-state index in [9.17, 15) is 9.59 Å². The number of piperidine rings is 1. The zero-order valence-electron chi connectivity index (χ0n) is 16.7. The molecule has 1 fully saturated rings. The van der Waals surface area contributed by atoms with Crippen molar-refractivity contribution < 1.29 is 14.3 Å². The molecule has 0 aromatic heterocycles. The highest BCUT2D eigenvalue weighted by Crippen LogP contribution is 2.24. The molecule has 0 bridgehead atoms. The van der Waals surface area contributed by atoms with Crippen LogP contribution in [0, 0.1) is 0 Å². The van der Waals surface area contributed by atoms with Crippen LogP contribution in [0.5, 0.6) is 0 Å². The summed E-state index contributed by atoms with van der Waals surface area (Å²) >= 11 is 1.57. The zero-order chi connectivity index (χ0) is 20.1. The van der Waals surface area contributed by atoms with Gasteiger partial charge >= 0.3 is 6.09 Å². The monoisotopic (exact) mass is 400 g/mol. The molecule has 0 radical (unpaired) electrons. The van der Waals surface area contributed by atoms with Crippen molar-refractivity contribution in [1.82, 2.24) is 10.2 Å². The van der Waals surface area contributed by atoms with E-state index in [-0.39, 0.29) is 18.0 Å². The second-order valence-corrected chi connectivity index (χ2v) is 9.15. The fraction of sp³-hybridized carbons (Fsp3) is 0.455. The minimum Gasteiger partial charge on any atom is -0.444 e. The SMILES string of the molecule is CC(C)(C)OC(=O)NC1CCN(C(=O)CSc2ccc3ccccc3c2)CC1. The number of rotatable bonds is 4. The molecule has 2 aromatic carbocycles. The number of carbonyl (C=O) groups excluding carboxylic acids is 2. The number of carbonyl (C=O) groups is 2. The maximum atomic E-state index is 12.5. The van der Waals surface area contributed by atoms with Crippen LogP contribution in [0.2, 0.25) is 0 Å². The van der Waals surface area contributed by atoms with Gasteiger partial charge in [0, 0.05) is 24.0 Å². The number of ether oxygens (including phenoxy) is 1. The number of nitrogens with one attached hydrogen (secondary N) is 1. The summed E-state index contributed by atoms with van der Waals surface area (Å²) in [6.07, 6.45) is 1.13. The Balaban J connectivity index is 1.44. The third kappa shape index (κ3) is 5.89. The van der Waals surface area contributed by atoms with Gasteiger partial charge in [0.2, 0.25) is 5.91 Å². The smallest absolute Gasteiger partial charge is 0.407 e. The quantitative estimate of drug-likeness (QED) is 0.771. The molecule has 5 nitrogen and oxygen atoms in total. The maximum absolute atomic E-state index is 12.5. The Morgan fingerprint density at radius 3 is 2.46 bits per heavy atom. The molecule has 3 rings (SSSR count). The predicted octanol–water partition coefficient (Wildman–Crippen LogP) is 4.45. The highest BCUT2D eigenvalue weighted by atomic mass is 32.2. The Morgan fingerprint density at radius 2 is 1.79 bits per heavy atom. The second kappa shape index (κ2) is 8.86. The lowest BCUT2D eigenvalue weighted by Crippen LogP contribution is -2.48. The molecule has 0 aliphatic carbocycles. The van der Waals surface area contributed by atoms with Gasteiger partial charge in [0.1, 0.15) is 5.60 Å². The molecule has 0 unspecified atom stereocenters. The van der Waals surface area contributed by atoms with Gasteiger partial charge in [0.15, 0.2) is 0 Å². The number of amides is 2. The summed E-state index contributed by atoms with van der Waals surface area (Å²) in [6.45, 7) is 6.87. The minimum absolute atomic E-state index is 0.0621. The van der Waals surface area contributed by atoms with Crippen LogP contribution in [0.3, 0.4) is 0 Å². The van der Waals surface area contributed by atoms with Crippen molar-refractivity contribution in [3.63, 3.8) is 0 Å². The fourth-order valence-electron chi connectivity index (χ4n) is 3.24. The van der Waals surface area contributed by atoms with Crippen molar-refractivity contribution >= 4 is 34.5 Å². The first-order chi connectivity index (χ1) is 13.3. The Hall–Kier alpha value is -2.21. The Kier molecular flexibility index (Phi) is 6.50. The molecular weight excluding hydrogens is 372 g/mol. The molecule has 2 aromatic rings. The van der Waals surface area contributed by atoms with Crippen LogP contribution in [-0.2, 0) is 9.53 Å². The van der Waals surface area contributed by atoms with Gasteiger partial charge in [0.05, 0.1) is 5.75 Å². The van der Waals surface area contributed by atoms with E-state index in [2.05, 4.69) is 35.6 Å². The molecule has 1 aliphatic heterocycles. The lowest BCUT2D eigenvalue weighted by molar-refractivity contribution is -0.129. The number of hydrogen-bond acceptors (Lipinski definition) is 4. The summed E-state index contributed by atoms with van der Waals surface area (Å²) in [4.78, 5) is 27.4. The molecule has 1 N–H and O–H groups in total. The molecule has 1 saturated heterocycles. The number of likely N-dealkylation sites (tertiary alicyclic amines) is 1. The van der Waals surface area contributed by atoms with Gasteiger partial charge in [-0.3, -0.25) is 4.79 Å². The van der Waals surface area contributed by atoms with Crippen LogP contribution in [0.15, 0.2) is 47.4 Å². The van der Waals surface area contributed by atoms with Crippen LogP contribution in [0.4, 0.5) is 4.79 Å². The van der Waals surface area contributed by atoms with Crippen LogP contribution in [0.25, 0.3) is 10.8 Å². The van der Waals surface area contributed by atoms with Crippen molar-refractivity contribution in [3.05, 3.63) is 42.5 Å². The average molecular weight is 401 g/mol. The summed E-state index contributed by atoms with van der Waals surface area (Å²) in [5, 5.41) is 5.30. The lowest BCUT2D eigenvalue weighted by Gasteiger charge is -2.32. The molecule has 150 valence electrons. The number of nitrogens with zero attached hydrogens (tertiary/aromatic N) is 1. The predicted molar refractivity (Wildman–Crippen MR) is 114 cm³/mol. The van der Waals surface area contributed by atoms with Crippen LogP contribution < -0.4 is 5.32 Å². The normalized spacial score (nSPS) is 15.5. The van der Waals surface area contributed by atoms with Gasteiger partial charge in [-0.05, 0) is 56.5 Å². The molecule has 0 spiro atoms. The second-order valence-electron chi connectivity index (χ2n) is 8.10. The Morgan fingerprint density at radius 1 is 1.11 bits per heavy atom. The maximum Gasteiger partial charge on any atom is 0.407 e. The molecule has 0 atom stereocenters. The summed E-state index contributed by atoms with van der Waals surface area (Å²) in [6, 6.07) is 14.6. The van der Waals surface area contributed by atoms with Crippen molar-refractivity contribution in [1.29, 1.82) is 0 Å². The fourth-order valence-corrected chi connectivity index (χ4v) is 4.09. The van der Waals surface area contributed by atoms with Gasteiger partial charge in [0.25, 0.3) is 0 Å². The summed E-state index contributed by atoms with van der Waals surface area (Å²) in [5.74, 6) is 0.580. The molecular formula is C22H28N2O3S. The third-order valence-electron chi connectivity index (χ3n) is 4.65. The third-order valence-corrected chi connectivity index (χ3v) is 5.63. The van der Waals surface area contributed by atoms with Crippen molar-refractivity contribution in [2.24, 2.45) is 0 Å². The summed E-state index contributed by atoms with van der Waals surface area (Å²) in [7, 11) is 0. The molecule has 28 heavy (non-hydrogen) atoms. The molecule has 1 heterocycles. The topological polar surface area (TPSA) is 58.6 Å². The Bertz CT molecular complexity index is 839.